The smallest absolute Gasteiger partial charge is 0.273 e. The second-order valence-corrected chi connectivity index (χ2v) is 7.89. The van der Waals surface area contributed by atoms with Gasteiger partial charge in [0.15, 0.2) is 5.65 Å². The van der Waals surface area contributed by atoms with Gasteiger partial charge in [-0.25, -0.2) is 0 Å². The standard InChI is InChI=1S/C23H23N7O3/c1-27-12-14-28(15-13-27)18-10-8-17(9-11-18)24-23-25-21-6-3-7-22(29(21)26-23)33-20-5-2-4-19(16-20)30(31)32/h2-11,16H,12-15H2,1H3,(H,24,26). The number of aromatic nitrogens is 3. The fourth-order valence-electron chi connectivity index (χ4n) is 3.74. The maximum atomic E-state index is 11.0. The minimum Gasteiger partial charge on any atom is -0.439 e. The number of ether oxygens (including phenoxy) is 1. The third-order valence-electron chi connectivity index (χ3n) is 5.57. The van der Waals surface area contributed by atoms with Crippen LogP contribution >= 0.6 is 0 Å². The van der Waals surface area contributed by atoms with Crippen LogP contribution in [-0.4, -0.2) is 57.6 Å². The molecule has 0 bridgehead atoms. The Balaban J connectivity index is 1.33. The number of nitro benzene ring substituents is 1. The predicted octanol–water partition coefficient (Wildman–Crippen LogP) is 3.93. The van der Waals surface area contributed by atoms with Crippen LogP contribution in [0.25, 0.3) is 5.65 Å². The first-order chi connectivity index (χ1) is 16.0. The second-order valence-electron chi connectivity index (χ2n) is 7.89. The Hall–Kier alpha value is -4.18. The van der Waals surface area contributed by atoms with Gasteiger partial charge in [0.2, 0.25) is 11.8 Å². The molecule has 10 heteroatoms. The van der Waals surface area contributed by atoms with E-state index in [2.05, 4.69) is 44.4 Å². The van der Waals surface area contributed by atoms with Crippen molar-refractivity contribution < 1.29 is 9.66 Å². The Morgan fingerprint density at radius 3 is 2.52 bits per heavy atom. The maximum absolute atomic E-state index is 11.0. The lowest BCUT2D eigenvalue weighted by atomic mass is 10.2. The molecule has 2 aromatic carbocycles. The molecule has 0 atom stereocenters. The molecule has 0 radical (unpaired) electrons. The molecule has 168 valence electrons. The van der Waals surface area contributed by atoms with Crippen LogP contribution in [0.15, 0.2) is 66.7 Å². The summed E-state index contributed by atoms with van der Waals surface area (Å²) in [6, 6.07) is 19.6. The largest absolute Gasteiger partial charge is 0.439 e. The number of benzene rings is 2. The van der Waals surface area contributed by atoms with Crippen molar-refractivity contribution in [2.75, 3.05) is 43.4 Å². The molecule has 4 aromatic rings. The minimum absolute atomic E-state index is 0.0411. The molecule has 1 aliphatic rings. The molecule has 1 aliphatic heterocycles. The van der Waals surface area contributed by atoms with Gasteiger partial charge in [-0.2, -0.15) is 9.50 Å². The summed E-state index contributed by atoms with van der Waals surface area (Å²) in [6.45, 7) is 4.16. The van der Waals surface area contributed by atoms with Gasteiger partial charge in [-0.3, -0.25) is 10.1 Å². The lowest BCUT2D eigenvalue weighted by Crippen LogP contribution is -2.44. The Morgan fingerprint density at radius 1 is 1.00 bits per heavy atom. The van der Waals surface area contributed by atoms with E-state index in [4.69, 9.17) is 4.74 Å². The number of anilines is 3. The van der Waals surface area contributed by atoms with Crippen molar-refractivity contribution in [2.45, 2.75) is 0 Å². The zero-order valence-electron chi connectivity index (χ0n) is 18.1. The molecule has 1 N–H and O–H groups in total. The third kappa shape index (κ3) is 4.55. The zero-order chi connectivity index (χ0) is 22.8. The number of likely N-dealkylation sites (N-methyl/N-ethyl adjacent to an activating group) is 1. The summed E-state index contributed by atoms with van der Waals surface area (Å²) < 4.78 is 7.41. The molecule has 0 amide bonds. The molecule has 10 nitrogen and oxygen atoms in total. The van der Waals surface area contributed by atoms with Crippen LogP contribution in [0.1, 0.15) is 0 Å². The molecule has 2 aromatic heterocycles. The molecule has 1 saturated heterocycles. The Labute approximate surface area is 190 Å². The lowest BCUT2D eigenvalue weighted by Gasteiger charge is -2.34. The maximum Gasteiger partial charge on any atom is 0.273 e. The van der Waals surface area contributed by atoms with Crippen molar-refractivity contribution in [1.82, 2.24) is 19.5 Å². The molecule has 1 fully saturated rings. The van der Waals surface area contributed by atoms with Crippen LogP contribution in [0.2, 0.25) is 0 Å². The highest BCUT2D eigenvalue weighted by molar-refractivity contribution is 5.61. The molecular formula is C23H23N7O3. The average molecular weight is 445 g/mol. The Morgan fingerprint density at radius 2 is 1.76 bits per heavy atom. The van der Waals surface area contributed by atoms with E-state index < -0.39 is 4.92 Å². The average Bonchev–Trinajstić information content (AvgIpc) is 3.24. The summed E-state index contributed by atoms with van der Waals surface area (Å²) >= 11 is 0. The van der Waals surface area contributed by atoms with Gasteiger partial charge in [0.05, 0.1) is 11.0 Å². The van der Waals surface area contributed by atoms with Crippen LogP contribution in [-0.2, 0) is 0 Å². The zero-order valence-corrected chi connectivity index (χ0v) is 18.1. The van der Waals surface area contributed by atoms with Crippen molar-refractivity contribution in [1.29, 1.82) is 0 Å². The number of non-ortho nitro benzene ring substituents is 1. The molecule has 0 saturated carbocycles. The first-order valence-corrected chi connectivity index (χ1v) is 10.6. The van der Waals surface area contributed by atoms with Crippen molar-refractivity contribution in [2.24, 2.45) is 0 Å². The lowest BCUT2D eigenvalue weighted by molar-refractivity contribution is -0.384. The molecule has 0 unspecified atom stereocenters. The van der Waals surface area contributed by atoms with Gasteiger partial charge in [0.1, 0.15) is 5.75 Å². The van der Waals surface area contributed by atoms with E-state index in [0.717, 1.165) is 31.9 Å². The monoisotopic (exact) mass is 445 g/mol. The number of hydrogen-bond donors (Lipinski definition) is 1. The summed E-state index contributed by atoms with van der Waals surface area (Å²) in [5.74, 6) is 1.18. The molecule has 33 heavy (non-hydrogen) atoms. The third-order valence-corrected chi connectivity index (χ3v) is 5.57. The van der Waals surface area contributed by atoms with E-state index >= 15 is 0 Å². The van der Waals surface area contributed by atoms with Gasteiger partial charge in [0, 0.05) is 49.7 Å². The van der Waals surface area contributed by atoms with Crippen molar-refractivity contribution in [3.63, 3.8) is 0 Å². The Bertz CT molecular complexity index is 1280. The van der Waals surface area contributed by atoms with Crippen molar-refractivity contribution in [3.8, 4) is 11.6 Å². The van der Waals surface area contributed by atoms with E-state index in [9.17, 15) is 10.1 Å². The highest BCUT2D eigenvalue weighted by Gasteiger charge is 2.15. The minimum atomic E-state index is -0.458. The summed E-state index contributed by atoms with van der Waals surface area (Å²) in [7, 11) is 2.15. The number of nitrogens with one attached hydrogen (secondary N) is 1. The SMILES string of the molecule is CN1CCN(c2ccc(Nc3nc4cccc(Oc5cccc([N+](=O)[O-])c5)n4n3)cc2)CC1. The highest BCUT2D eigenvalue weighted by Crippen LogP contribution is 2.27. The number of nitrogens with zero attached hydrogens (tertiary/aromatic N) is 6. The molecule has 5 rings (SSSR count). The number of piperazine rings is 1. The summed E-state index contributed by atoms with van der Waals surface area (Å²) in [4.78, 5) is 19.8. The van der Waals surface area contributed by atoms with Gasteiger partial charge in [0.25, 0.3) is 5.69 Å². The van der Waals surface area contributed by atoms with Crippen LogP contribution < -0.4 is 15.0 Å². The number of rotatable bonds is 6. The predicted molar refractivity (Wildman–Crippen MR) is 126 cm³/mol. The van der Waals surface area contributed by atoms with Crippen molar-refractivity contribution >= 4 is 28.7 Å². The van der Waals surface area contributed by atoms with E-state index in [1.54, 1.807) is 28.8 Å². The van der Waals surface area contributed by atoms with E-state index in [0.29, 0.717) is 23.2 Å². The quantitative estimate of drug-likeness (QED) is 0.352. The van der Waals surface area contributed by atoms with Crippen molar-refractivity contribution in [3.05, 3.63) is 76.8 Å². The van der Waals surface area contributed by atoms with Crippen LogP contribution in [0.3, 0.4) is 0 Å². The van der Waals surface area contributed by atoms with Gasteiger partial charge in [-0.05, 0) is 43.4 Å². The van der Waals surface area contributed by atoms with Gasteiger partial charge in [-0.15, -0.1) is 5.10 Å². The van der Waals surface area contributed by atoms with E-state index in [1.807, 2.05) is 18.2 Å². The van der Waals surface area contributed by atoms with Crippen LogP contribution in [0.4, 0.5) is 23.0 Å². The number of fused-ring (bicyclic) bond motifs is 1. The van der Waals surface area contributed by atoms with E-state index in [-0.39, 0.29) is 5.69 Å². The fraction of sp³-hybridized carbons (Fsp3) is 0.217. The first kappa shape index (κ1) is 20.7. The molecule has 3 heterocycles. The summed E-state index contributed by atoms with van der Waals surface area (Å²) in [6.07, 6.45) is 0. The normalized spacial score (nSPS) is 14.4. The summed E-state index contributed by atoms with van der Waals surface area (Å²) in [5.41, 5.74) is 2.63. The molecule has 0 aliphatic carbocycles. The number of pyridine rings is 1. The number of nitro groups is 1. The van der Waals surface area contributed by atoms with Gasteiger partial charge >= 0.3 is 0 Å². The van der Waals surface area contributed by atoms with Crippen LogP contribution in [0.5, 0.6) is 11.6 Å². The van der Waals surface area contributed by atoms with Gasteiger partial charge < -0.3 is 19.9 Å². The topological polar surface area (TPSA) is 101 Å². The highest BCUT2D eigenvalue weighted by atomic mass is 16.6. The second kappa shape index (κ2) is 8.75. The van der Waals surface area contributed by atoms with Crippen LogP contribution in [0, 0.1) is 10.1 Å². The van der Waals surface area contributed by atoms with E-state index in [1.165, 1.54) is 17.8 Å². The Kier molecular flexibility index (Phi) is 5.49. The number of hydrogen-bond acceptors (Lipinski definition) is 8. The molecular weight excluding hydrogens is 422 g/mol. The fourth-order valence-corrected chi connectivity index (χ4v) is 3.74. The molecule has 0 spiro atoms. The first-order valence-electron chi connectivity index (χ1n) is 10.6. The summed E-state index contributed by atoms with van der Waals surface area (Å²) in [5, 5.41) is 18.8. The van der Waals surface area contributed by atoms with Gasteiger partial charge in [-0.1, -0.05) is 12.1 Å².